The first-order valence-electron chi connectivity index (χ1n) is 6.14. The third-order valence-corrected chi connectivity index (χ3v) is 3.37. The normalized spacial score (nSPS) is 10.2. The van der Waals surface area contributed by atoms with Crippen LogP contribution >= 0.6 is 15.9 Å². The van der Waals surface area contributed by atoms with Crippen molar-refractivity contribution in [1.29, 1.82) is 0 Å². The Balaban J connectivity index is 2.12. The van der Waals surface area contributed by atoms with Crippen molar-refractivity contribution in [2.24, 2.45) is 0 Å². The van der Waals surface area contributed by atoms with Crippen molar-refractivity contribution >= 4 is 21.6 Å². The summed E-state index contributed by atoms with van der Waals surface area (Å²) >= 11 is 3.31. The fraction of sp³-hybridized carbons (Fsp3) is 0.200. The number of hydrogen-bond acceptors (Lipinski definition) is 3. The second-order valence-corrected chi connectivity index (χ2v) is 4.88. The van der Waals surface area contributed by atoms with Crippen LogP contribution in [0, 0.1) is 0 Å². The molecule has 4 heteroatoms. The molecule has 0 heterocycles. The van der Waals surface area contributed by atoms with E-state index in [1.54, 1.807) is 0 Å². The van der Waals surface area contributed by atoms with Gasteiger partial charge in [-0.2, -0.15) is 0 Å². The number of phenolic OH excluding ortho intramolecular Hbond substituents is 1. The predicted octanol–water partition coefficient (Wildman–Crippen LogP) is 4.17. The number of rotatable bonds is 5. The first-order valence-corrected chi connectivity index (χ1v) is 6.93. The number of halogens is 1. The first-order chi connectivity index (χ1) is 9.22. The number of benzene rings is 2. The Bertz CT molecular complexity index is 558. The van der Waals surface area contributed by atoms with Gasteiger partial charge in [0.05, 0.1) is 16.8 Å². The fourth-order valence-corrected chi connectivity index (χ4v) is 2.19. The molecule has 2 aromatic rings. The highest BCUT2D eigenvalue weighted by atomic mass is 79.9. The Labute approximate surface area is 121 Å². The highest BCUT2D eigenvalue weighted by molar-refractivity contribution is 9.10. The molecule has 2 N–H and O–H groups in total. The van der Waals surface area contributed by atoms with Crippen molar-refractivity contribution in [3.8, 4) is 11.5 Å². The van der Waals surface area contributed by atoms with Gasteiger partial charge in [0.2, 0.25) is 0 Å². The number of anilines is 1. The molecule has 100 valence electrons. The molecule has 19 heavy (non-hydrogen) atoms. The van der Waals surface area contributed by atoms with Gasteiger partial charge in [-0.25, -0.2) is 0 Å². The second-order valence-electron chi connectivity index (χ2n) is 4.03. The minimum absolute atomic E-state index is 0.267. The summed E-state index contributed by atoms with van der Waals surface area (Å²) in [5.41, 5.74) is 1.75. The topological polar surface area (TPSA) is 41.5 Å². The van der Waals surface area contributed by atoms with Crippen LogP contribution in [0.3, 0.4) is 0 Å². The quantitative estimate of drug-likeness (QED) is 0.868. The summed E-state index contributed by atoms with van der Waals surface area (Å²) in [4.78, 5) is 0. The molecule has 0 aliphatic rings. The van der Waals surface area contributed by atoms with Gasteiger partial charge in [-0.05, 0) is 41.1 Å². The lowest BCUT2D eigenvalue weighted by atomic mass is 10.2. The molecule has 2 aromatic carbocycles. The summed E-state index contributed by atoms with van der Waals surface area (Å²) in [5, 5.41) is 13.2. The molecule has 0 aromatic heterocycles. The average Bonchev–Trinajstić information content (AvgIpc) is 2.42. The molecule has 0 unspecified atom stereocenters. The van der Waals surface area contributed by atoms with E-state index in [4.69, 9.17) is 4.74 Å². The van der Waals surface area contributed by atoms with Crippen molar-refractivity contribution in [2.45, 2.75) is 13.5 Å². The summed E-state index contributed by atoms with van der Waals surface area (Å²) in [6.07, 6.45) is 0. The lowest BCUT2D eigenvalue weighted by molar-refractivity contribution is 0.341. The standard InChI is InChI=1S/C15H16BrNO2/c1-2-19-14-9-4-3-8-13(14)17-10-11-6-5-7-12(16)15(11)18/h3-9,17-18H,2,10H2,1H3. The Kier molecular flexibility index (Phi) is 4.68. The van der Waals surface area contributed by atoms with E-state index in [9.17, 15) is 5.11 Å². The SMILES string of the molecule is CCOc1ccccc1NCc1cccc(Br)c1O. The maximum Gasteiger partial charge on any atom is 0.142 e. The lowest BCUT2D eigenvalue weighted by Gasteiger charge is -2.13. The van der Waals surface area contributed by atoms with Gasteiger partial charge in [-0.3, -0.25) is 0 Å². The number of phenols is 1. The minimum Gasteiger partial charge on any atom is -0.506 e. The van der Waals surface area contributed by atoms with Gasteiger partial charge < -0.3 is 15.2 Å². The molecule has 0 spiro atoms. The monoisotopic (exact) mass is 321 g/mol. The smallest absolute Gasteiger partial charge is 0.142 e. The highest BCUT2D eigenvalue weighted by Gasteiger charge is 2.06. The fourth-order valence-electron chi connectivity index (χ4n) is 1.79. The van der Waals surface area contributed by atoms with Gasteiger partial charge in [0, 0.05) is 12.1 Å². The van der Waals surface area contributed by atoms with Gasteiger partial charge in [0.15, 0.2) is 0 Å². The van der Waals surface area contributed by atoms with Gasteiger partial charge >= 0.3 is 0 Å². The number of hydrogen-bond donors (Lipinski definition) is 2. The van der Waals surface area contributed by atoms with Crippen LogP contribution in [0.2, 0.25) is 0 Å². The van der Waals surface area contributed by atoms with E-state index < -0.39 is 0 Å². The molecular formula is C15H16BrNO2. The second kappa shape index (κ2) is 6.48. The summed E-state index contributed by atoms with van der Waals surface area (Å²) in [6, 6.07) is 13.4. The van der Waals surface area contributed by atoms with E-state index in [1.165, 1.54) is 0 Å². The molecule has 0 bridgehead atoms. The Morgan fingerprint density at radius 2 is 1.95 bits per heavy atom. The van der Waals surface area contributed by atoms with E-state index in [1.807, 2.05) is 49.4 Å². The molecule has 0 saturated heterocycles. The predicted molar refractivity (Wildman–Crippen MR) is 80.7 cm³/mol. The maximum absolute atomic E-state index is 9.93. The molecule has 0 radical (unpaired) electrons. The van der Waals surface area contributed by atoms with Crippen molar-refractivity contribution in [2.75, 3.05) is 11.9 Å². The van der Waals surface area contributed by atoms with Crippen LogP contribution in [0.1, 0.15) is 12.5 Å². The molecule has 0 fully saturated rings. The zero-order chi connectivity index (χ0) is 13.7. The van der Waals surface area contributed by atoms with E-state index in [0.29, 0.717) is 17.6 Å². The van der Waals surface area contributed by atoms with Crippen LogP contribution in [-0.4, -0.2) is 11.7 Å². The molecule has 0 aliphatic heterocycles. The Hall–Kier alpha value is -1.68. The molecular weight excluding hydrogens is 306 g/mol. The molecule has 0 saturated carbocycles. The molecule has 0 amide bonds. The zero-order valence-electron chi connectivity index (χ0n) is 10.7. The third kappa shape index (κ3) is 3.41. The van der Waals surface area contributed by atoms with Crippen LogP contribution in [0.4, 0.5) is 5.69 Å². The largest absolute Gasteiger partial charge is 0.506 e. The Morgan fingerprint density at radius 3 is 2.74 bits per heavy atom. The van der Waals surface area contributed by atoms with E-state index in [0.717, 1.165) is 17.0 Å². The van der Waals surface area contributed by atoms with Crippen LogP contribution in [0.5, 0.6) is 11.5 Å². The molecule has 0 atom stereocenters. The van der Waals surface area contributed by atoms with Crippen molar-refractivity contribution in [1.82, 2.24) is 0 Å². The van der Waals surface area contributed by atoms with Crippen molar-refractivity contribution < 1.29 is 9.84 Å². The van der Waals surface area contributed by atoms with E-state index >= 15 is 0 Å². The summed E-state index contributed by atoms with van der Waals surface area (Å²) in [7, 11) is 0. The first kappa shape index (κ1) is 13.7. The maximum atomic E-state index is 9.93. The molecule has 2 rings (SSSR count). The zero-order valence-corrected chi connectivity index (χ0v) is 12.3. The van der Waals surface area contributed by atoms with Crippen LogP contribution in [0.25, 0.3) is 0 Å². The minimum atomic E-state index is 0.267. The van der Waals surface area contributed by atoms with Crippen LogP contribution in [-0.2, 0) is 6.54 Å². The van der Waals surface area contributed by atoms with Gasteiger partial charge in [-0.15, -0.1) is 0 Å². The van der Waals surface area contributed by atoms with Crippen molar-refractivity contribution in [3.63, 3.8) is 0 Å². The number of nitrogens with one attached hydrogen (secondary N) is 1. The number of aromatic hydroxyl groups is 1. The third-order valence-electron chi connectivity index (χ3n) is 2.73. The number of ether oxygens (including phenoxy) is 1. The molecule has 0 aliphatic carbocycles. The van der Waals surface area contributed by atoms with Gasteiger partial charge in [0.1, 0.15) is 11.5 Å². The summed E-state index contributed by atoms with van der Waals surface area (Å²) in [5.74, 6) is 1.09. The average molecular weight is 322 g/mol. The lowest BCUT2D eigenvalue weighted by Crippen LogP contribution is -2.02. The van der Waals surface area contributed by atoms with Gasteiger partial charge in [-0.1, -0.05) is 24.3 Å². The van der Waals surface area contributed by atoms with Crippen LogP contribution in [0.15, 0.2) is 46.9 Å². The van der Waals surface area contributed by atoms with E-state index in [2.05, 4.69) is 21.2 Å². The number of para-hydroxylation sites is 3. The highest BCUT2D eigenvalue weighted by Crippen LogP contribution is 2.29. The van der Waals surface area contributed by atoms with Crippen LogP contribution < -0.4 is 10.1 Å². The van der Waals surface area contributed by atoms with Gasteiger partial charge in [0.25, 0.3) is 0 Å². The molecule has 3 nitrogen and oxygen atoms in total. The Morgan fingerprint density at radius 1 is 1.16 bits per heavy atom. The summed E-state index contributed by atoms with van der Waals surface area (Å²) in [6.45, 7) is 3.12. The van der Waals surface area contributed by atoms with E-state index in [-0.39, 0.29) is 5.75 Å². The van der Waals surface area contributed by atoms with Crippen molar-refractivity contribution in [3.05, 3.63) is 52.5 Å². The summed E-state index contributed by atoms with van der Waals surface area (Å²) < 4.78 is 6.24.